The minimum Gasteiger partial charge on any atom is -0.368 e. The highest BCUT2D eigenvalue weighted by atomic mass is 16.1. The molecule has 0 saturated heterocycles. The van der Waals surface area contributed by atoms with E-state index in [2.05, 4.69) is 31.2 Å². The van der Waals surface area contributed by atoms with Gasteiger partial charge in [0.15, 0.2) is 0 Å². The fourth-order valence-electron chi connectivity index (χ4n) is 3.12. The molecule has 0 aromatic rings. The molecule has 1 aliphatic carbocycles. The molecule has 106 valence electrons. The van der Waals surface area contributed by atoms with Crippen LogP contribution in [0.25, 0.3) is 0 Å². The fraction of sp³-hybridized carbons (Fsp3) is 0.929. The van der Waals surface area contributed by atoms with E-state index < -0.39 is 0 Å². The second-order valence-electron chi connectivity index (χ2n) is 6.06. The molecule has 18 heavy (non-hydrogen) atoms. The van der Waals surface area contributed by atoms with E-state index >= 15 is 0 Å². The van der Waals surface area contributed by atoms with Gasteiger partial charge in [0.25, 0.3) is 0 Å². The van der Waals surface area contributed by atoms with Crippen LogP contribution in [0.2, 0.25) is 0 Å². The highest BCUT2D eigenvalue weighted by molar-refractivity contribution is 5.79. The third kappa shape index (κ3) is 3.69. The number of primary amides is 1. The van der Waals surface area contributed by atoms with Crippen molar-refractivity contribution in [3.8, 4) is 0 Å². The Labute approximate surface area is 111 Å². The summed E-state index contributed by atoms with van der Waals surface area (Å²) >= 11 is 0. The molecular weight excluding hydrogens is 226 g/mol. The van der Waals surface area contributed by atoms with Crippen molar-refractivity contribution >= 4 is 5.91 Å². The van der Waals surface area contributed by atoms with Gasteiger partial charge in [-0.15, -0.1) is 0 Å². The summed E-state index contributed by atoms with van der Waals surface area (Å²) in [7, 11) is 4.29. The Morgan fingerprint density at radius 1 is 1.56 bits per heavy atom. The summed E-state index contributed by atoms with van der Waals surface area (Å²) in [4.78, 5) is 13.6. The molecule has 1 amide bonds. The summed E-state index contributed by atoms with van der Waals surface area (Å²) in [5, 5.41) is 3.37. The zero-order valence-corrected chi connectivity index (χ0v) is 12.3. The van der Waals surface area contributed by atoms with Gasteiger partial charge in [0.05, 0.1) is 6.04 Å². The first-order valence-electron chi connectivity index (χ1n) is 7.11. The minimum atomic E-state index is -0.240. The van der Waals surface area contributed by atoms with Crippen molar-refractivity contribution in [2.24, 2.45) is 11.7 Å². The van der Waals surface area contributed by atoms with E-state index in [1.807, 2.05) is 6.92 Å². The van der Waals surface area contributed by atoms with E-state index in [1.54, 1.807) is 0 Å². The monoisotopic (exact) mass is 255 g/mol. The maximum atomic E-state index is 11.3. The van der Waals surface area contributed by atoms with Crippen LogP contribution in [-0.4, -0.2) is 43.0 Å². The van der Waals surface area contributed by atoms with E-state index in [1.165, 1.54) is 25.7 Å². The maximum Gasteiger partial charge on any atom is 0.234 e. The summed E-state index contributed by atoms with van der Waals surface area (Å²) in [5.41, 5.74) is 5.58. The predicted molar refractivity (Wildman–Crippen MR) is 75.3 cm³/mol. The van der Waals surface area contributed by atoms with Crippen LogP contribution in [0.5, 0.6) is 0 Å². The largest absolute Gasteiger partial charge is 0.368 e. The lowest BCUT2D eigenvalue weighted by atomic mass is 9.75. The molecular formula is C14H29N3O. The number of rotatable bonds is 6. The van der Waals surface area contributed by atoms with Gasteiger partial charge in [0.2, 0.25) is 5.91 Å². The Morgan fingerprint density at radius 2 is 2.22 bits per heavy atom. The standard InChI is InChI=1S/C14H29N3O/c1-5-12(13(15)18)16-10-14(17(3)4)8-6-7-11(2)9-14/h11-12,16H,5-10H2,1-4H3,(H2,15,18). The first-order valence-corrected chi connectivity index (χ1v) is 7.11. The highest BCUT2D eigenvalue weighted by Gasteiger charge is 2.37. The van der Waals surface area contributed by atoms with Crippen molar-refractivity contribution in [1.82, 2.24) is 10.2 Å². The number of carbonyl (C=O) groups is 1. The van der Waals surface area contributed by atoms with Gasteiger partial charge in [-0.2, -0.15) is 0 Å². The number of nitrogens with one attached hydrogen (secondary N) is 1. The molecule has 1 fully saturated rings. The molecule has 1 rings (SSSR count). The molecule has 1 aliphatic rings. The van der Waals surface area contributed by atoms with Crippen LogP contribution >= 0.6 is 0 Å². The SMILES string of the molecule is CCC(NCC1(N(C)C)CCCC(C)C1)C(N)=O. The molecule has 0 aromatic heterocycles. The van der Waals surface area contributed by atoms with Gasteiger partial charge in [0, 0.05) is 12.1 Å². The number of amides is 1. The van der Waals surface area contributed by atoms with Crippen LogP contribution in [0.1, 0.15) is 46.0 Å². The molecule has 4 nitrogen and oxygen atoms in total. The number of carbonyl (C=O) groups excluding carboxylic acids is 1. The normalized spacial score (nSPS) is 30.4. The smallest absolute Gasteiger partial charge is 0.234 e. The van der Waals surface area contributed by atoms with Crippen LogP contribution in [0, 0.1) is 5.92 Å². The maximum absolute atomic E-state index is 11.3. The van der Waals surface area contributed by atoms with E-state index in [9.17, 15) is 4.79 Å². The van der Waals surface area contributed by atoms with Crippen molar-refractivity contribution < 1.29 is 4.79 Å². The lowest BCUT2D eigenvalue weighted by Gasteiger charge is -2.46. The minimum absolute atomic E-state index is 0.181. The van der Waals surface area contributed by atoms with Crippen LogP contribution in [0.15, 0.2) is 0 Å². The van der Waals surface area contributed by atoms with Crippen molar-refractivity contribution in [3.63, 3.8) is 0 Å². The van der Waals surface area contributed by atoms with Gasteiger partial charge in [-0.3, -0.25) is 4.79 Å². The number of nitrogens with two attached hydrogens (primary N) is 1. The summed E-state index contributed by atoms with van der Waals surface area (Å²) < 4.78 is 0. The van der Waals surface area contributed by atoms with Gasteiger partial charge < -0.3 is 16.0 Å². The number of likely N-dealkylation sites (N-methyl/N-ethyl adjacent to an activating group) is 1. The first-order chi connectivity index (χ1) is 8.41. The average molecular weight is 255 g/mol. The first kappa shape index (κ1) is 15.4. The van der Waals surface area contributed by atoms with Crippen LogP contribution < -0.4 is 11.1 Å². The summed E-state index contributed by atoms with van der Waals surface area (Å²) in [6.07, 6.45) is 5.75. The Kier molecular flexibility index (Phi) is 5.60. The van der Waals surface area contributed by atoms with Crippen LogP contribution in [0.4, 0.5) is 0 Å². The Morgan fingerprint density at radius 3 is 2.67 bits per heavy atom. The molecule has 0 spiro atoms. The number of hydrogen-bond acceptors (Lipinski definition) is 3. The summed E-state index contributed by atoms with van der Waals surface area (Å²) in [6.45, 7) is 5.17. The molecule has 0 aromatic carbocycles. The van der Waals surface area contributed by atoms with Gasteiger partial charge in [0.1, 0.15) is 0 Å². The molecule has 3 N–H and O–H groups in total. The number of hydrogen-bond donors (Lipinski definition) is 2. The van der Waals surface area contributed by atoms with Crippen LogP contribution in [0.3, 0.4) is 0 Å². The van der Waals surface area contributed by atoms with Crippen molar-refractivity contribution in [3.05, 3.63) is 0 Å². The van der Waals surface area contributed by atoms with E-state index in [0.717, 1.165) is 18.9 Å². The molecule has 4 heteroatoms. The molecule has 0 bridgehead atoms. The van der Waals surface area contributed by atoms with Gasteiger partial charge >= 0.3 is 0 Å². The molecule has 0 radical (unpaired) electrons. The molecule has 0 heterocycles. The lowest BCUT2D eigenvalue weighted by molar-refractivity contribution is -0.120. The zero-order chi connectivity index (χ0) is 13.8. The second kappa shape index (κ2) is 6.53. The van der Waals surface area contributed by atoms with E-state index in [-0.39, 0.29) is 17.5 Å². The van der Waals surface area contributed by atoms with Crippen molar-refractivity contribution in [1.29, 1.82) is 0 Å². The van der Waals surface area contributed by atoms with E-state index in [0.29, 0.717) is 0 Å². The summed E-state index contributed by atoms with van der Waals surface area (Å²) in [5.74, 6) is 0.520. The van der Waals surface area contributed by atoms with Gasteiger partial charge in [-0.1, -0.05) is 26.7 Å². The van der Waals surface area contributed by atoms with Crippen molar-refractivity contribution in [2.75, 3.05) is 20.6 Å². The predicted octanol–water partition coefficient (Wildman–Crippen LogP) is 1.35. The molecule has 3 atom stereocenters. The Hall–Kier alpha value is -0.610. The number of nitrogens with zero attached hydrogens (tertiary/aromatic N) is 1. The Balaban J connectivity index is 2.65. The Bertz CT molecular complexity index is 280. The highest BCUT2D eigenvalue weighted by Crippen LogP contribution is 2.35. The average Bonchev–Trinajstić information content (AvgIpc) is 2.29. The van der Waals surface area contributed by atoms with Gasteiger partial charge in [-0.25, -0.2) is 0 Å². The van der Waals surface area contributed by atoms with E-state index in [4.69, 9.17) is 5.73 Å². The second-order valence-corrected chi connectivity index (χ2v) is 6.06. The zero-order valence-electron chi connectivity index (χ0n) is 12.3. The summed E-state index contributed by atoms with van der Waals surface area (Å²) in [6, 6.07) is -0.195. The molecule has 3 unspecified atom stereocenters. The third-order valence-electron chi connectivity index (χ3n) is 4.45. The van der Waals surface area contributed by atoms with Gasteiger partial charge in [-0.05, 0) is 39.3 Å². The quantitative estimate of drug-likeness (QED) is 0.753. The lowest BCUT2D eigenvalue weighted by Crippen LogP contribution is -2.57. The third-order valence-corrected chi connectivity index (χ3v) is 4.45. The van der Waals surface area contributed by atoms with Crippen LogP contribution in [-0.2, 0) is 4.79 Å². The molecule has 0 aliphatic heterocycles. The topological polar surface area (TPSA) is 58.4 Å². The fourth-order valence-corrected chi connectivity index (χ4v) is 3.12. The molecule has 1 saturated carbocycles. The van der Waals surface area contributed by atoms with Crippen molar-refractivity contribution in [2.45, 2.75) is 57.5 Å².